The number of hydrogen-bond acceptors (Lipinski definition) is 5. The van der Waals surface area contributed by atoms with Crippen LogP contribution >= 0.6 is 23.2 Å². The van der Waals surface area contributed by atoms with Crippen molar-refractivity contribution in [3.63, 3.8) is 0 Å². The summed E-state index contributed by atoms with van der Waals surface area (Å²) in [5, 5.41) is 0. The van der Waals surface area contributed by atoms with Gasteiger partial charge in [0, 0.05) is 25.2 Å². The van der Waals surface area contributed by atoms with Crippen LogP contribution in [0.15, 0.2) is 73.3 Å². The van der Waals surface area contributed by atoms with Gasteiger partial charge in [-0.1, -0.05) is 89.9 Å². The molecule has 0 aliphatic heterocycles. The Bertz CT molecular complexity index is 913. The van der Waals surface area contributed by atoms with E-state index in [1.165, 1.54) is 0 Å². The highest BCUT2D eigenvalue weighted by Gasteiger charge is 2.52. The first kappa shape index (κ1) is 26.6. The van der Waals surface area contributed by atoms with Crippen molar-refractivity contribution in [1.82, 2.24) is 0 Å². The van der Waals surface area contributed by atoms with Crippen LogP contribution in [0.4, 0.5) is 0 Å². The molecule has 1 saturated carbocycles. The van der Waals surface area contributed by atoms with Crippen LogP contribution in [0.2, 0.25) is 0 Å². The Labute approximate surface area is 204 Å². The van der Waals surface area contributed by atoms with Crippen LogP contribution < -0.4 is 0 Å². The molecule has 5 nitrogen and oxygen atoms in total. The van der Waals surface area contributed by atoms with Crippen LogP contribution in [0.3, 0.4) is 0 Å². The van der Waals surface area contributed by atoms with Gasteiger partial charge >= 0.3 is 11.9 Å². The lowest BCUT2D eigenvalue weighted by molar-refractivity contribution is -0.146. The van der Waals surface area contributed by atoms with Gasteiger partial charge in [-0.2, -0.15) is 0 Å². The van der Waals surface area contributed by atoms with E-state index in [0.29, 0.717) is 32.3 Å². The summed E-state index contributed by atoms with van der Waals surface area (Å²) in [6.07, 6.45) is 3.85. The highest BCUT2D eigenvalue weighted by molar-refractivity contribution is 6.60. The van der Waals surface area contributed by atoms with Gasteiger partial charge in [0.05, 0.1) is 0 Å². The van der Waals surface area contributed by atoms with Gasteiger partial charge in [-0.15, -0.1) is 6.58 Å². The molecule has 1 atom stereocenters. The third-order valence-corrected chi connectivity index (χ3v) is 6.09. The molecule has 3 rings (SSSR count). The summed E-state index contributed by atoms with van der Waals surface area (Å²) in [7, 11) is 0. The average Bonchev–Trinajstić information content (AvgIpc) is 2.84. The predicted octanol–water partition coefficient (Wildman–Crippen LogP) is 5.97. The van der Waals surface area contributed by atoms with E-state index in [-0.39, 0.29) is 36.7 Å². The molecular weight excluding hydrogens is 463 g/mol. The maximum atomic E-state index is 11.6. The molecular formula is C26H28Cl2O5. The van der Waals surface area contributed by atoms with Crippen molar-refractivity contribution in [3.05, 3.63) is 84.4 Å². The number of alkyl halides is 2. The van der Waals surface area contributed by atoms with Crippen molar-refractivity contribution in [2.24, 2.45) is 5.92 Å². The topological polar surface area (TPSA) is 69.7 Å². The maximum Gasteiger partial charge on any atom is 0.306 e. The molecule has 0 radical (unpaired) electrons. The Balaban J connectivity index is 0.000000245. The number of carbonyl (C=O) groups excluding carboxylic acids is 3. The molecule has 7 heteroatoms. The molecule has 0 N–H and O–H groups in total. The first-order chi connectivity index (χ1) is 15.8. The molecule has 0 amide bonds. The second kappa shape index (κ2) is 13.8. The molecule has 2 aromatic carbocycles. The summed E-state index contributed by atoms with van der Waals surface area (Å²) in [5.74, 6) is -0.785. The van der Waals surface area contributed by atoms with Crippen molar-refractivity contribution in [2.45, 2.75) is 49.7 Å². The van der Waals surface area contributed by atoms with Crippen molar-refractivity contribution in [3.8, 4) is 0 Å². The molecule has 176 valence electrons. The van der Waals surface area contributed by atoms with Gasteiger partial charge in [0.15, 0.2) is 10.1 Å². The summed E-state index contributed by atoms with van der Waals surface area (Å²) in [6.45, 7) is 4.16. The quantitative estimate of drug-likeness (QED) is 0.233. The summed E-state index contributed by atoms with van der Waals surface area (Å²) >= 11 is 11.7. The minimum atomic E-state index is -1.31. The first-order valence-corrected chi connectivity index (χ1v) is 11.5. The zero-order chi connectivity index (χ0) is 24.1. The summed E-state index contributed by atoms with van der Waals surface area (Å²) < 4.78 is 8.87. The Hall–Kier alpha value is -2.63. The second-order valence-electron chi connectivity index (χ2n) is 7.61. The number of carbonyl (C=O) groups is 3. The number of ether oxygens (including phenoxy) is 2. The molecule has 0 heterocycles. The highest BCUT2D eigenvalue weighted by Crippen LogP contribution is 2.46. The van der Waals surface area contributed by atoms with E-state index in [9.17, 15) is 14.4 Å². The molecule has 0 bridgehead atoms. The molecule has 1 aliphatic rings. The minimum absolute atomic E-state index is 0.146. The van der Waals surface area contributed by atoms with E-state index < -0.39 is 4.33 Å². The summed E-state index contributed by atoms with van der Waals surface area (Å²) in [4.78, 5) is 33.8. The fourth-order valence-electron chi connectivity index (χ4n) is 3.00. The number of allylic oxidation sites excluding steroid dienone is 1. The van der Waals surface area contributed by atoms with Gasteiger partial charge in [-0.3, -0.25) is 14.4 Å². The summed E-state index contributed by atoms with van der Waals surface area (Å²) in [5.41, 5.74) is 1.96. The number of benzene rings is 2. The third-order valence-electron chi connectivity index (χ3n) is 5.05. The van der Waals surface area contributed by atoms with Crippen LogP contribution in [-0.4, -0.2) is 22.1 Å². The standard InChI is InChI=1S/C14H14Cl2O3.C12H14O2/c15-14(16)11(8-12(14)17)6-7-13(18)19-9-10-4-2-1-3-5-10;1-2-3-9-12(13)14-10-11-7-5-4-6-8-11/h1-5,11H,6-9H2;2,4-8H,1,3,9-10H2. The lowest BCUT2D eigenvalue weighted by atomic mass is 9.79. The van der Waals surface area contributed by atoms with Crippen LogP contribution in [-0.2, 0) is 37.1 Å². The van der Waals surface area contributed by atoms with E-state index >= 15 is 0 Å². The fraction of sp³-hybridized carbons (Fsp3) is 0.346. The van der Waals surface area contributed by atoms with E-state index in [1.54, 1.807) is 6.08 Å². The van der Waals surface area contributed by atoms with E-state index in [1.807, 2.05) is 60.7 Å². The Morgan fingerprint density at radius 2 is 1.39 bits per heavy atom. The molecule has 2 aromatic rings. The molecule has 33 heavy (non-hydrogen) atoms. The van der Waals surface area contributed by atoms with Crippen LogP contribution in [0.5, 0.6) is 0 Å². The second-order valence-corrected chi connectivity index (χ2v) is 8.99. The average molecular weight is 491 g/mol. The normalized spacial score (nSPS) is 15.9. The molecule has 1 unspecified atom stereocenters. The predicted molar refractivity (Wildman–Crippen MR) is 129 cm³/mol. The van der Waals surface area contributed by atoms with E-state index in [4.69, 9.17) is 32.7 Å². The van der Waals surface area contributed by atoms with Gasteiger partial charge < -0.3 is 9.47 Å². The molecule has 1 aliphatic carbocycles. The summed E-state index contributed by atoms with van der Waals surface area (Å²) in [6, 6.07) is 19.1. The van der Waals surface area contributed by atoms with E-state index in [2.05, 4.69) is 6.58 Å². The molecule has 0 saturated heterocycles. The zero-order valence-corrected chi connectivity index (χ0v) is 19.9. The lowest BCUT2D eigenvalue weighted by Gasteiger charge is -2.37. The van der Waals surface area contributed by atoms with Gasteiger partial charge in [0.2, 0.25) is 0 Å². The van der Waals surface area contributed by atoms with Gasteiger partial charge in [-0.05, 0) is 24.0 Å². The van der Waals surface area contributed by atoms with Crippen LogP contribution in [0, 0.1) is 5.92 Å². The fourth-order valence-corrected chi connectivity index (χ4v) is 3.53. The molecule has 0 aromatic heterocycles. The largest absolute Gasteiger partial charge is 0.461 e. The number of ketones is 1. The maximum absolute atomic E-state index is 11.6. The highest BCUT2D eigenvalue weighted by atomic mass is 35.5. The van der Waals surface area contributed by atoms with Crippen molar-refractivity contribution in [1.29, 1.82) is 0 Å². The van der Waals surface area contributed by atoms with Crippen molar-refractivity contribution >= 4 is 40.9 Å². The van der Waals surface area contributed by atoms with Gasteiger partial charge in [0.25, 0.3) is 0 Å². The van der Waals surface area contributed by atoms with Crippen LogP contribution in [0.1, 0.15) is 43.2 Å². The molecule has 1 fully saturated rings. The minimum Gasteiger partial charge on any atom is -0.461 e. The Kier molecular flexibility index (Phi) is 11.1. The van der Waals surface area contributed by atoms with Crippen molar-refractivity contribution in [2.75, 3.05) is 0 Å². The van der Waals surface area contributed by atoms with Gasteiger partial charge in [-0.25, -0.2) is 0 Å². The van der Waals surface area contributed by atoms with E-state index in [0.717, 1.165) is 11.1 Å². The number of Topliss-reactive ketones (excluding diaryl/α,β-unsaturated/α-hetero) is 1. The third kappa shape index (κ3) is 9.40. The first-order valence-electron chi connectivity index (χ1n) is 10.7. The SMILES string of the molecule is C=CCCC(=O)OCc1ccccc1.O=C(CCC1CC(=O)C1(Cl)Cl)OCc1ccccc1. The Morgan fingerprint density at radius 1 is 0.909 bits per heavy atom. The molecule has 0 spiro atoms. The Morgan fingerprint density at radius 3 is 1.82 bits per heavy atom. The van der Waals surface area contributed by atoms with Crippen LogP contribution in [0.25, 0.3) is 0 Å². The van der Waals surface area contributed by atoms with Gasteiger partial charge in [0.1, 0.15) is 13.2 Å². The lowest BCUT2D eigenvalue weighted by Crippen LogP contribution is -2.47. The monoisotopic (exact) mass is 490 g/mol. The van der Waals surface area contributed by atoms with Crippen molar-refractivity contribution < 1.29 is 23.9 Å². The smallest absolute Gasteiger partial charge is 0.306 e. The number of halogens is 2. The zero-order valence-electron chi connectivity index (χ0n) is 18.4. The number of rotatable bonds is 10. The number of esters is 2. The number of hydrogen-bond donors (Lipinski definition) is 0.